The zero-order chi connectivity index (χ0) is 22.5. The highest BCUT2D eigenvalue weighted by Gasteiger charge is 2.20. The van der Waals surface area contributed by atoms with Crippen LogP contribution in [0.4, 0.5) is 16.3 Å². The summed E-state index contributed by atoms with van der Waals surface area (Å²) in [5, 5.41) is 3.68. The van der Waals surface area contributed by atoms with E-state index in [0.29, 0.717) is 17.4 Å². The predicted octanol–water partition coefficient (Wildman–Crippen LogP) is 5.70. The third kappa shape index (κ3) is 5.29. The third-order valence-electron chi connectivity index (χ3n) is 6.07. The number of benzene rings is 2. The van der Waals surface area contributed by atoms with Crippen LogP contribution in [0.15, 0.2) is 85.2 Å². The Hall–Kier alpha value is -3.93. The Balaban J connectivity index is 1.13. The molecule has 5 rings (SSSR count). The van der Waals surface area contributed by atoms with E-state index in [2.05, 4.69) is 50.5 Å². The molecule has 1 fully saturated rings. The Kier molecular flexibility index (Phi) is 6.15. The molecule has 0 unspecified atom stereocenters. The van der Waals surface area contributed by atoms with Gasteiger partial charge >= 0.3 is 6.09 Å². The number of rotatable bonds is 5. The molecule has 1 aliphatic heterocycles. The molecule has 166 valence electrons. The summed E-state index contributed by atoms with van der Waals surface area (Å²) >= 11 is 0. The Bertz CT molecular complexity index is 1220. The van der Waals surface area contributed by atoms with Crippen molar-refractivity contribution in [1.29, 1.82) is 0 Å². The van der Waals surface area contributed by atoms with E-state index in [-0.39, 0.29) is 0 Å². The molecule has 0 atom stereocenters. The third-order valence-corrected chi connectivity index (χ3v) is 6.07. The zero-order valence-corrected chi connectivity index (χ0v) is 18.4. The number of carbonyl (C=O) groups is 1. The SMILES string of the molecule is O=C(Nc1cnc2ccccc2c1)Oc1ccc(N2CCC(Cc3ccccc3)CC2)nc1. The van der Waals surface area contributed by atoms with E-state index >= 15 is 0 Å². The lowest BCUT2D eigenvalue weighted by Crippen LogP contribution is -2.34. The van der Waals surface area contributed by atoms with Crippen molar-refractivity contribution in [3.8, 4) is 5.75 Å². The van der Waals surface area contributed by atoms with Gasteiger partial charge < -0.3 is 9.64 Å². The smallest absolute Gasteiger partial charge is 0.408 e. The molecule has 0 spiro atoms. The number of nitrogens with one attached hydrogen (secondary N) is 1. The summed E-state index contributed by atoms with van der Waals surface area (Å²) in [6.07, 6.45) is 6.09. The van der Waals surface area contributed by atoms with Gasteiger partial charge in [0.2, 0.25) is 0 Å². The van der Waals surface area contributed by atoms with Gasteiger partial charge in [-0.05, 0) is 55.0 Å². The predicted molar refractivity (Wildman–Crippen MR) is 131 cm³/mol. The number of carbonyl (C=O) groups excluding carboxylic acids is 1. The minimum Gasteiger partial charge on any atom is -0.408 e. The molecule has 0 radical (unpaired) electrons. The van der Waals surface area contributed by atoms with E-state index in [4.69, 9.17) is 4.74 Å². The number of anilines is 2. The topological polar surface area (TPSA) is 67.3 Å². The van der Waals surface area contributed by atoms with Gasteiger partial charge in [-0.2, -0.15) is 0 Å². The number of aromatic nitrogens is 2. The molecule has 2 aromatic carbocycles. The van der Waals surface area contributed by atoms with Gasteiger partial charge in [0.05, 0.1) is 23.6 Å². The molecule has 0 aliphatic carbocycles. The Morgan fingerprint density at radius 1 is 0.939 bits per heavy atom. The Labute approximate surface area is 193 Å². The highest BCUT2D eigenvalue weighted by molar-refractivity contribution is 5.89. The molecule has 33 heavy (non-hydrogen) atoms. The van der Waals surface area contributed by atoms with Gasteiger partial charge in [0.1, 0.15) is 5.82 Å². The number of amides is 1. The van der Waals surface area contributed by atoms with Crippen LogP contribution in [-0.2, 0) is 6.42 Å². The zero-order valence-electron chi connectivity index (χ0n) is 18.4. The van der Waals surface area contributed by atoms with Crippen LogP contribution in [0.5, 0.6) is 5.75 Å². The number of piperidine rings is 1. The van der Waals surface area contributed by atoms with Crippen LogP contribution in [0, 0.1) is 5.92 Å². The summed E-state index contributed by atoms with van der Waals surface area (Å²) in [4.78, 5) is 23.5. The number of para-hydroxylation sites is 1. The lowest BCUT2D eigenvalue weighted by molar-refractivity contribution is 0.215. The standard InChI is InChI=1S/C27H26N4O2/c32-27(30-23-17-22-8-4-5-9-25(22)28-18-23)33-24-10-11-26(29-19-24)31-14-12-21(13-15-31)16-20-6-2-1-3-7-20/h1-11,17-19,21H,12-16H2,(H,30,32). The van der Waals surface area contributed by atoms with Crippen molar-refractivity contribution in [3.05, 3.63) is 90.8 Å². The summed E-state index contributed by atoms with van der Waals surface area (Å²) in [5.74, 6) is 2.03. The summed E-state index contributed by atoms with van der Waals surface area (Å²) in [7, 11) is 0. The van der Waals surface area contributed by atoms with Gasteiger partial charge in [-0.25, -0.2) is 9.78 Å². The summed E-state index contributed by atoms with van der Waals surface area (Å²) in [6.45, 7) is 1.97. The highest BCUT2D eigenvalue weighted by Crippen LogP contribution is 2.26. The molecule has 6 nitrogen and oxygen atoms in total. The van der Waals surface area contributed by atoms with E-state index < -0.39 is 6.09 Å². The molecular weight excluding hydrogens is 412 g/mol. The molecule has 6 heteroatoms. The van der Waals surface area contributed by atoms with Crippen molar-refractivity contribution in [2.24, 2.45) is 5.92 Å². The van der Waals surface area contributed by atoms with Crippen molar-refractivity contribution in [2.75, 3.05) is 23.3 Å². The second-order valence-corrected chi connectivity index (χ2v) is 8.40. The molecule has 1 N–H and O–H groups in total. The number of pyridine rings is 2. The monoisotopic (exact) mass is 438 g/mol. The molecule has 0 bridgehead atoms. The fourth-order valence-electron chi connectivity index (χ4n) is 4.32. The van der Waals surface area contributed by atoms with E-state index in [9.17, 15) is 4.79 Å². The largest absolute Gasteiger partial charge is 0.417 e. The van der Waals surface area contributed by atoms with Crippen LogP contribution in [0.2, 0.25) is 0 Å². The van der Waals surface area contributed by atoms with Crippen LogP contribution in [-0.4, -0.2) is 29.2 Å². The average molecular weight is 439 g/mol. The first-order valence-corrected chi connectivity index (χ1v) is 11.3. The fraction of sp³-hybridized carbons (Fsp3) is 0.222. The lowest BCUT2D eigenvalue weighted by atomic mass is 9.90. The molecule has 1 aliphatic rings. The molecule has 4 aromatic rings. The van der Waals surface area contributed by atoms with E-state index in [1.54, 1.807) is 18.5 Å². The van der Waals surface area contributed by atoms with Gasteiger partial charge in [-0.1, -0.05) is 48.5 Å². The van der Waals surface area contributed by atoms with Crippen LogP contribution in [0.3, 0.4) is 0 Å². The first-order valence-electron chi connectivity index (χ1n) is 11.3. The van der Waals surface area contributed by atoms with Crippen molar-refractivity contribution in [1.82, 2.24) is 9.97 Å². The number of nitrogens with zero attached hydrogens (tertiary/aromatic N) is 3. The quantitative estimate of drug-likeness (QED) is 0.433. The number of ether oxygens (including phenoxy) is 1. The average Bonchev–Trinajstić information content (AvgIpc) is 2.86. The second-order valence-electron chi connectivity index (χ2n) is 8.40. The highest BCUT2D eigenvalue weighted by atomic mass is 16.6. The number of fused-ring (bicyclic) bond motifs is 1. The van der Waals surface area contributed by atoms with Crippen molar-refractivity contribution in [2.45, 2.75) is 19.3 Å². The van der Waals surface area contributed by atoms with Gasteiger partial charge in [0.25, 0.3) is 0 Å². The first-order chi connectivity index (χ1) is 16.2. The number of hydrogen-bond donors (Lipinski definition) is 1. The van der Waals surface area contributed by atoms with Crippen molar-refractivity contribution in [3.63, 3.8) is 0 Å². The lowest BCUT2D eigenvalue weighted by Gasteiger charge is -2.33. The van der Waals surface area contributed by atoms with Gasteiger partial charge in [0, 0.05) is 18.5 Å². The maximum Gasteiger partial charge on any atom is 0.417 e. The maximum absolute atomic E-state index is 12.3. The minimum atomic E-state index is -0.566. The van der Waals surface area contributed by atoms with Crippen LogP contribution < -0.4 is 15.0 Å². The maximum atomic E-state index is 12.3. The number of hydrogen-bond acceptors (Lipinski definition) is 5. The summed E-state index contributed by atoms with van der Waals surface area (Å²) in [6, 6.07) is 24.0. The molecular formula is C27H26N4O2. The Morgan fingerprint density at radius 3 is 2.52 bits per heavy atom. The second kappa shape index (κ2) is 9.69. The normalized spacial score (nSPS) is 14.2. The van der Waals surface area contributed by atoms with E-state index in [0.717, 1.165) is 49.1 Å². The summed E-state index contributed by atoms with van der Waals surface area (Å²) < 4.78 is 5.40. The molecule has 1 amide bonds. The van der Waals surface area contributed by atoms with Gasteiger partial charge in [-0.3, -0.25) is 10.3 Å². The summed E-state index contributed by atoms with van der Waals surface area (Å²) in [5.41, 5.74) is 2.87. The van der Waals surface area contributed by atoms with E-state index in [1.807, 2.05) is 36.4 Å². The van der Waals surface area contributed by atoms with Crippen LogP contribution >= 0.6 is 0 Å². The first kappa shape index (κ1) is 20.9. The molecule has 0 saturated carbocycles. The van der Waals surface area contributed by atoms with Crippen LogP contribution in [0.1, 0.15) is 18.4 Å². The van der Waals surface area contributed by atoms with Gasteiger partial charge in [0.15, 0.2) is 5.75 Å². The molecule has 1 saturated heterocycles. The van der Waals surface area contributed by atoms with Gasteiger partial charge in [-0.15, -0.1) is 0 Å². The Morgan fingerprint density at radius 2 is 1.73 bits per heavy atom. The van der Waals surface area contributed by atoms with Crippen molar-refractivity contribution < 1.29 is 9.53 Å². The minimum absolute atomic E-state index is 0.406. The van der Waals surface area contributed by atoms with E-state index in [1.165, 1.54) is 5.56 Å². The van der Waals surface area contributed by atoms with Crippen molar-refractivity contribution >= 4 is 28.5 Å². The van der Waals surface area contributed by atoms with Crippen LogP contribution in [0.25, 0.3) is 10.9 Å². The molecule has 3 heterocycles. The molecule has 2 aromatic heterocycles. The fourth-order valence-corrected chi connectivity index (χ4v) is 4.32.